The van der Waals surface area contributed by atoms with Gasteiger partial charge in [0.1, 0.15) is 18.1 Å². The molecule has 1 aromatic carbocycles. The van der Waals surface area contributed by atoms with Gasteiger partial charge in [-0.3, -0.25) is 4.90 Å². The van der Waals surface area contributed by atoms with Crippen molar-refractivity contribution in [3.8, 4) is 6.01 Å². The average molecular weight is 519 g/mol. The van der Waals surface area contributed by atoms with Crippen LogP contribution in [0.15, 0.2) is 17.8 Å². The zero-order chi connectivity index (χ0) is 26.2. The molecule has 0 radical (unpaired) electrons. The SMILES string of the molecule is Cc1c(/C(C=N)=C(/N)C(F)(F)F)ccc2c(N3CCCOCC3)nc(OCC34CCCN3CCC4)nc12. The molecule has 3 saturated heterocycles. The summed E-state index contributed by atoms with van der Waals surface area (Å²) in [5.41, 5.74) is 4.94. The van der Waals surface area contributed by atoms with Gasteiger partial charge in [-0.25, -0.2) is 0 Å². The third kappa shape index (κ3) is 4.86. The molecule has 0 spiro atoms. The highest BCUT2D eigenvalue weighted by Gasteiger charge is 2.45. The number of nitrogens with zero attached hydrogens (tertiary/aromatic N) is 4. The molecule has 8 nitrogen and oxygen atoms in total. The van der Waals surface area contributed by atoms with E-state index in [4.69, 9.17) is 30.6 Å². The first-order chi connectivity index (χ1) is 17.7. The van der Waals surface area contributed by atoms with Crippen LogP contribution in [0.5, 0.6) is 6.01 Å². The van der Waals surface area contributed by atoms with Crippen LogP contribution in [-0.4, -0.2) is 78.8 Å². The van der Waals surface area contributed by atoms with E-state index in [1.54, 1.807) is 19.1 Å². The van der Waals surface area contributed by atoms with E-state index < -0.39 is 11.9 Å². The number of aryl methyl sites for hydroxylation is 1. The first kappa shape index (κ1) is 25.7. The molecule has 37 heavy (non-hydrogen) atoms. The Morgan fingerprint density at radius 1 is 1.14 bits per heavy atom. The van der Waals surface area contributed by atoms with E-state index in [9.17, 15) is 13.2 Å². The molecule has 200 valence electrons. The minimum Gasteiger partial charge on any atom is -0.461 e. The number of nitrogens with two attached hydrogens (primary N) is 1. The lowest BCUT2D eigenvalue weighted by Crippen LogP contribution is -2.43. The van der Waals surface area contributed by atoms with Crippen molar-refractivity contribution < 1.29 is 22.6 Å². The van der Waals surface area contributed by atoms with Crippen molar-refractivity contribution in [3.05, 3.63) is 29.0 Å². The van der Waals surface area contributed by atoms with E-state index in [1.165, 1.54) is 0 Å². The maximum Gasteiger partial charge on any atom is 0.431 e. The molecule has 0 atom stereocenters. The van der Waals surface area contributed by atoms with Gasteiger partial charge in [-0.2, -0.15) is 23.1 Å². The number of hydrogen-bond donors (Lipinski definition) is 2. The molecule has 0 aliphatic carbocycles. The second-order valence-electron chi connectivity index (χ2n) is 10.1. The summed E-state index contributed by atoms with van der Waals surface area (Å²) in [5.74, 6) is 0.677. The van der Waals surface area contributed by atoms with Crippen LogP contribution in [0, 0.1) is 12.3 Å². The number of ether oxygens (including phenoxy) is 2. The fourth-order valence-electron chi connectivity index (χ4n) is 5.96. The molecule has 3 aliphatic rings. The van der Waals surface area contributed by atoms with Gasteiger partial charge in [0.05, 0.1) is 17.7 Å². The van der Waals surface area contributed by atoms with Crippen LogP contribution in [0.2, 0.25) is 0 Å². The summed E-state index contributed by atoms with van der Waals surface area (Å²) in [6.45, 7) is 6.91. The van der Waals surface area contributed by atoms with Gasteiger partial charge in [-0.1, -0.05) is 6.07 Å². The van der Waals surface area contributed by atoms with Gasteiger partial charge < -0.3 is 25.5 Å². The van der Waals surface area contributed by atoms with Gasteiger partial charge in [0, 0.05) is 36.9 Å². The Morgan fingerprint density at radius 2 is 1.89 bits per heavy atom. The average Bonchev–Trinajstić information content (AvgIpc) is 3.33. The number of benzene rings is 1. The van der Waals surface area contributed by atoms with E-state index in [1.807, 2.05) is 0 Å². The first-order valence-electron chi connectivity index (χ1n) is 12.8. The van der Waals surface area contributed by atoms with Crippen LogP contribution in [0.3, 0.4) is 0 Å². The summed E-state index contributed by atoms with van der Waals surface area (Å²) in [6, 6.07) is 3.49. The summed E-state index contributed by atoms with van der Waals surface area (Å²) in [4.78, 5) is 14.1. The number of alkyl halides is 3. The number of aromatic nitrogens is 2. The van der Waals surface area contributed by atoms with Crippen molar-refractivity contribution in [2.45, 2.75) is 50.7 Å². The van der Waals surface area contributed by atoms with Crippen molar-refractivity contribution in [1.82, 2.24) is 14.9 Å². The van der Waals surface area contributed by atoms with E-state index in [0.29, 0.717) is 54.9 Å². The molecule has 4 heterocycles. The Morgan fingerprint density at radius 3 is 2.59 bits per heavy atom. The second kappa shape index (κ2) is 10.1. The Balaban J connectivity index is 1.60. The molecule has 11 heteroatoms. The van der Waals surface area contributed by atoms with Crippen molar-refractivity contribution in [3.63, 3.8) is 0 Å². The van der Waals surface area contributed by atoms with Crippen LogP contribution in [-0.2, 0) is 4.74 Å². The van der Waals surface area contributed by atoms with Gasteiger partial charge in [-0.05, 0) is 69.3 Å². The molecule has 0 unspecified atom stereocenters. The van der Waals surface area contributed by atoms with Crippen molar-refractivity contribution in [1.29, 1.82) is 5.41 Å². The van der Waals surface area contributed by atoms with Crippen LogP contribution in [0.25, 0.3) is 16.5 Å². The molecule has 0 bridgehead atoms. The minimum atomic E-state index is -4.75. The number of anilines is 1. The van der Waals surface area contributed by atoms with E-state index in [-0.39, 0.29) is 22.7 Å². The third-order valence-electron chi connectivity index (χ3n) is 7.91. The van der Waals surface area contributed by atoms with Crippen LogP contribution in [0.1, 0.15) is 43.2 Å². The predicted octanol–water partition coefficient (Wildman–Crippen LogP) is 4.05. The van der Waals surface area contributed by atoms with Gasteiger partial charge in [0.2, 0.25) is 0 Å². The fourth-order valence-corrected chi connectivity index (χ4v) is 5.96. The smallest absolute Gasteiger partial charge is 0.431 e. The molecule has 5 rings (SSSR count). The number of allylic oxidation sites excluding steroid dienone is 2. The van der Waals surface area contributed by atoms with Crippen LogP contribution < -0.4 is 15.4 Å². The van der Waals surface area contributed by atoms with Crippen molar-refractivity contribution in [2.24, 2.45) is 5.73 Å². The van der Waals surface area contributed by atoms with Crippen molar-refractivity contribution in [2.75, 3.05) is 50.9 Å². The fraction of sp³-hybridized carbons (Fsp3) is 0.577. The lowest BCUT2D eigenvalue weighted by atomic mass is 9.95. The maximum absolute atomic E-state index is 13.4. The summed E-state index contributed by atoms with van der Waals surface area (Å²) < 4.78 is 52.2. The van der Waals surface area contributed by atoms with Gasteiger partial charge >= 0.3 is 12.2 Å². The van der Waals surface area contributed by atoms with E-state index >= 15 is 0 Å². The largest absolute Gasteiger partial charge is 0.461 e. The Kier molecular flexibility index (Phi) is 7.01. The monoisotopic (exact) mass is 518 g/mol. The highest BCUT2D eigenvalue weighted by atomic mass is 19.4. The van der Waals surface area contributed by atoms with Gasteiger partial charge in [-0.15, -0.1) is 0 Å². The standard InChI is InChI=1S/C26H33F3N6O2/c1-17-18(20(15-30)22(31)26(27,28)29)5-6-19-21(17)32-24(33-23(19)34-9-4-13-36-14-12-34)37-16-25-7-2-10-35(25)11-3-8-25/h5-6,15,30H,2-4,7-14,16,31H2,1H3/b22-20+,30-15?. The lowest BCUT2D eigenvalue weighted by molar-refractivity contribution is -0.0918. The summed E-state index contributed by atoms with van der Waals surface area (Å²) in [6.07, 6.45) is 1.16. The first-order valence-corrected chi connectivity index (χ1v) is 12.8. The Hall–Kier alpha value is -2.92. The zero-order valence-corrected chi connectivity index (χ0v) is 21.0. The summed E-state index contributed by atoms with van der Waals surface area (Å²) in [5, 5.41) is 8.38. The maximum atomic E-state index is 13.4. The normalized spacial score (nSPS) is 21.0. The molecular formula is C26H33F3N6O2. The molecule has 2 aromatic rings. The molecular weight excluding hydrogens is 485 g/mol. The van der Waals surface area contributed by atoms with Gasteiger partial charge in [0.25, 0.3) is 0 Å². The minimum absolute atomic E-state index is 0.00304. The molecule has 3 aliphatic heterocycles. The van der Waals surface area contributed by atoms with Crippen LogP contribution in [0.4, 0.5) is 19.0 Å². The van der Waals surface area contributed by atoms with Gasteiger partial charge in [0.15, 0.2) is 0 Å². The molecule has 0 amide bonds. The summed E-state index contributed by atoms with van der Waals surface area (Å²) in [7, 11) is 0. The number of fused-ring (bicyclic) bond motifs is 2. The third-order valence-corrected chi connectivity index (χ3v) is 7.91. The quantitative estimate of drug-likeness (QED) is 0.557. The summed E-state index contributed by atoms with van der Waals surface area (Å²) >= 11 is 0. The number of halogens is 3. The topological polar surface area (TPSA) is 101 Å². The Bertz CT molecular complexity index is 1200. The molecule has 3 fully saturated rings. The molecule has 1 aromatic heterocycles. The number of nitrogens with one attached hydrogen (secondary N) is 1. The highest BCUT2D eigenvalue weighted by Crippen LogP contribution is 2.40. The zero-order valence-electron chi connectivity index (χ0n) is 21.0. The number of rotatable bonds is 6. The Labute approximate surface area is 214 Å². The molecule has 0 saturated carbocycles. The van der Waals surface area contributed by atoms with E-state index in [2.05, 4.69) is 9.80 Å². The number of hydrogen-bond acceptors (Lipinski definition) is 8. The van der Waals surface area contributed by atoms with Crippen molar-refractivity contribution >= 4 is 28.5 Å². The predicted molar refractivity (Wildman–Crippen MR) is 136 cm³/mol. The highest BCUT2D eigenvalue weighted by molar-refractivity contribution is 6.12. The van der Waals surface area contributed by atoms with E-state index in [0.717, 1.165) is 51.7 Å². The lowest BCUT2D eigenvalue weighted by Gasteiger charge is -2.31. The molecule has 3 N–H and O–H groups in total. The second-order valence-corrected chi connectivity index (χ2v) is 10.1. The van der Waals surface area contributed by atoms with Crippen LogP contribution >= 0.6 is 0 Å².